The second-order valence-corrected chi connectivity index (χ2v) is 20.2. The van der Waals surface area contributed by atoms with Crippen molar-refractivity contribution in [2.45, 2.75) is 87.9 Å². The maximum Gasteiger partial charge on any atom is 0.227 e. The topological polar surface area (TPSA) is 51.8 Å². The summed E-state index contributed by atoms with van der Waals surface area (Å²) in [4.78, 5) is 15.4. The predicted octanol–water partition coefficient (Wildman–Crippen LogP) is 13.9. The lowest BCUT2D eigenvalue weighted by atomic mass is 9.48. The van der Waals surface area contributed by atoms with Gasteiger partial charge in [-0.25, -0.2) is 15.0 Å². The van der Waals surface area contributed by atoms with Gasteiger partial charge in [0.05, 0.1) is 11.4 Å². The van der Waals surface area contributed by atoms with Crippen LogP contribution in [0.3, 0.4) is 0 Å². The van der Waals surface area contributed by atoms with Gasteiger partial charge in [-0.15, -0.1) is 0 Å². The molecule has 8 saturated carbocycles. The molecule has 8 aliphatic rings. The van der Waals surface area contributed by atoms with Crippen LogP contribution in [0.25, 0.3) is 67.6 Å². The van der Waals surface area contributed by atoms with Crippen molar-refractivity contribution in [3.63, 3.8) is 0 Å². The number of rotatable bonds is 7. The lowest BCUT2D eigenvalue weighted by molar-refractivity contribution is -0.00530. The van der Waals surface area contributed by atoms with E-state index in [0.29, 0.717) is 16.7 Å². The Bertz CT molecular complexity index is 2530. The summed E-state index contributed by atoms with van der Waals surface area (Å²) >= 11 is 0. The molecular formula is C55H51N3O. The molecule has 8 fully saturated rings. The zero-order valence-electron chi connectivity index (χ0n) is 33.8. The molecule has 2 heterocycles. The fourth-order valence-corrected chi connectivity index (χ4v) is 14.4. The van der Waals surface area contributed by atoms with Crippen molar-refractivity contribution in [2.24, 2.45) is 35.5 Å². The molecule has 5 aromatic carbocycles. The predicted molar refractivity (Wildman–Crippen MR) is 236 cm³/mol. The van der Waals surface area contributed by atoms with Gasteiger partial charge in [-0.05, 0) is 176 Å². The van der Waals surface area contributed by atoms with Crippen LogP contribution in [0.15, 0.2) is 132 Å². The van der Waals surface area contributed by atoms with Gasteiger partial charge in [0.15, 0.2) is 11.4 Å². The van der Waals surface area contributed by atoms with E-state index in [1.807, 2.05) is 30.3 Å². The monoisotopic (exact) mass is 769 g/mol. The minimum Gasteiger partial charge on any atom is -0.436 e. The molecule has 0 spiro atoms. The van der Waals surface area contributed by atoms with Gasteiger partial charge in [-0.3, -0.25) is 0 Å². The minimum atomic E-state index is 0.378. The van der Waals surface area contributed by atoms with Crippen molar-refractivity contribution in [3.05, 3.63) is 139 Å². The standard InChI is InChI=1S/C55H51N3O/c1-2-4-44(5-3-1)53-58-48-19-14-45(26-51(48)59-53)40-6-8-41(9-7-40)49-27-50(42-10-15-46(16-11-42)54-28-34-20-35(29-54)22-36(21-34)30-54)57-52(56-49)43-12-17-47(18-13-43)55-31-37-23-38(32-55)25-39(24-37)33-55/h1-19,26-27,34-39H,20-25,28-33H2. The molecule has 0 radical (unpaired) electrons. The number of oxazole rings is 1. The largest absolute Gasteiger partial charge is 0.436 e. The molecule has 0 unspecified atom stereocenters. The van der Waals surface area contributed by atoms with Crippen molar-refractivity contribution >= 4 is 11.1 Å². The third-order valence-electron chi connectivity index (χ3n) is 16.3. The smallest absolute Gasteiger partial charge is 0.227 e. The zero-order valence-corrected chi connectivity index (χ0v) is 33.8. The van der Waals surface area contributed by atoms with Crippen LogP contribution in [-0.4, -0.2) is 15.0 Å². The first-order chi connectivity index (χ1) is 29.0. The number of fused-ring (bicyclic) bond motifs is 1. The van der Waals surface area contributed by atoms with Gasteiger partial charge in [-0.1, -0.05) is 97.1 Å². The second-order valence-electron chi connectivity index (χ2n) is 20.2. The number of hydrogen-bond donors (Lipinski definition) is 0. The SMILES string of the molecule is c1ccc(-c2nc3ccc(-c4ccc(-c5cc(-c6ccc(C78CC9CC(CC(C9)C7)C8)cc6)nc(-c6ccc(C78CC9CC(CC(C9)C7)C8)cc6)n5)cc4)cc3o2)cc1. The Morgan fingerprint density at radius 2 is 0.831 bits per heavy atom. The third kappa shape index (κ3) is 5.87. The Morgan fingerprint density at radius 3 is 1.34 bits per heavy atom. The van der Waals surface area contributed by atoms with Crippen LogP contribution in [0.4, 0.5) is 0 Å². The normalized spacial score (nSPS) is 30.0. The van der Waals surface area contributed by atoms with Gasteiger partial charge in [0.1, 0.15) is 5.52 Å². The summed E-state index contributed by atoms with van der Waals surface area (Å²) in [7, 11) is 0. The molecule has 0 amide bonds. The van der Waals surface area contributed by atoms with Crippen LogP contribution in [0.2, 0.25) is 0 Å². The molecule has 0 aliphatic heterocycles. The van der Waals surface area contributed by atoms with Crippen LogP contribution >= 0.6 is 0 Å². The molecule has 15 rings (SSSR count). The molecular weight excluding hydrogens is 719 g/mol. The van der Waals surface area contributed by atoms with Crippen molar-refractivity contribution in [2.75, 3.05) is 0 Å². The van der Waals surface area contributed by atoms with E-state index in [4.69, 9.17) is 19.4 Å². The third-order valence-corrected chi connectivity index (χ3v) is 16.3. The summed E-state index contributed by atoms with van der Waals surface area (Å²) < 4.78 is 6.23. The maximum atomic E-state index is 6.23. The van der Waals surface area contributed by atoms with E-state index in [9.17, 15) is 0 Å². The summed E-state index contributed by atoms with van der Waals surface area (Å²) in [6.07, 6.45) is 17.1. The van der Waals surface area contributed by atoms with Gasteiger partial charge in [0.2, 0.25) is 5.89 Å². The Kier molecular flexibility index (Phi) is 7.65. The van der Waals surface area contributed by atoms with Crippen molar-refractivity contribution in [1.82, 2.24) is 15.0 Å². The van der Waals surface area contributed by atoms with Gasteiger partial charge < -0.3 is 4.42 Å². The molecule has 7 aromatic rings. The van der Waals surface area contributed by atoms with Crippen LogP contribution < -0.4 is 0 Å². The highest BCUT2D eigenvalue weighted by Gasteiger charge is 2.52. The molecule has 0 atom stereocenters. The maximum absolute atomic E-state index is 6.23. The van der Waals surface area contributed by atoms with Crippen LogP contribution in [0.1, 0.15) is 88.2 Å². The van der Waals surface area contributed by atoms with E-state index in [-0.39, 0.29) is 0 Å². The van der Waals surface area contributed by atoms with Crippen molar-refractivity contribution in [1.29, 1.82) is 0 Å². The van der Waals surface area contributed by atoms with Gasteiger partial charge in [0, 0.05) is 22.3 Å². The molecule has 2 aromatic heterocycles. The van der Waals surface area contributed by atoms with E-state index in [2.05, 4.69) is 97.1 Å². The Morgan fingerprint density at radius 1 is 0.390 bits per heavy atom. The Labute approximate surface area is 347 Å². The van der Waals surface area contributed by atoms with Crippen molar-refractivity contribution < 1.29 is 4.42 Å². The molecule has 0 saturated heterocycles. The number of nitrogens with zero attached hydrogens (tertiary/aromatic N) is 3. The molecule has 0 N–H and O–H groups in total. The number of hydrogen-bond acceptors (Lipinski definition) is 4. The molecule has 59 heavy (non-hydrogen) atoms. The molecule has 8 aliphatic carbocycles. The van der Waals surface area contributed by atoms with Crippen molar-refractivity contribution in [3.8, 4) is 56.5 Å². The van der Waals surface area contributed by atoms with Crippen LogP contribution in [0, 0.1) is 35.5 Å². The van der Waals surface area contributed by atoms with E-state index in [0.717, 1.165) is 91.6 Å². The summed E-state index contributed by atoms with van der Waals surface area (Å²) in [6.45, 7) is 0. The van der Waals surface area contributed by atoms with E-state index < -0.39 is 0 Å². The second kappa shape index (κ2) is 13.1. The highest BCUT2D eigenvalue weighted by molar-refractivity contribution is 5.83. The highest BCUT2D eigenvalue weighted by Crippen LogP contribution is 2.62. The lowest BCUT2D eigenvalue weighted by Gasteiger charge is -2.57. The van der Waals surface area contributed by atoms with Crippen LogP contribution in [-0.2, 0) is 10.8 Å². The summed E-state index contributed by atoms with van der Waals surface area (Å²) in [6, 6.07) is 46.5. The summed E-state index contributed by atoms with van der Waals surface area (Å²) in [5.41, 5.74) is 14.0. The van der Waals surface area contributed by atoms with Gasteiger partial charge >= 0.3 is 0 Å². The number of benzene rings is 5. The molecule has 4 nitrogen and oxygen atoms in total. The van der Waals surface area contributed by atoms with E-state index >= 15 is 0 Å². The van der Waals surface area contributed by atoms with E-state index in [1.165, 1.54) is 82.6 Å². The summed E-state index contributed by atoms with van der Waals surface area (Å²) in [5, 5.41) is 0. The molecule has 4 heteroatoms. The zero-order chi connectivity index (χ0) is 38.7. The first-order valence-electron chi connectivity index (χ1n) is 22.7. The van der Waals surface area contributed by atoms with Crippen LogP contribution in [0.5, 0.6) is 0 Å². The highest BCUT2D eigenvalue weighted by atomic mass is 16.3. The summed E-state index contributed by atoms with van der Waals surface area (Å²) in [5.74, 6) is 7.05. The Hall–Kier alpha value is -5.35. The molecule has 8 bridgehead atoms. The fraction of sp³-hybridized carbons (Fsp3) is 0.364. The quantitative estimate of drug-likeness (QED) is 0.162. The number of aromatic nitrogens is 3. The minimum absolute atomic E-state index is 0.378. The van der Waals surface area contributed by atoms with E-state index in [1.54, 1.807) is 11.1 Å². The van der Waals surface area contributed by atoms with Gasteiger partial charge in [0.25, 0.3) is 0 Å². The fourth-order valence-electron chi connectivity index (χ4n) is 14.4. The molecule has 292 valence electrons. The first-order valence-corrected chi connectivity index (χ1v) is 22.7. The van der Waals surface area contributed by atoms with Gasteiger partial charge in [-0.2, -0.15) is 0 Å². The first kappa shape index (κ1) is 34.5. The lowest BCUT2D eigenvalue weighted by Crippen LogP contribution is -2.48. The average Bonchev–Trinajstić information content (AvgIpc) is 3.70. The average molecular weight is 770 g/mol. The Balaban J connectivity index is 0.844.